The van der Waals surface area contributed by atoms with E-state index >= 15 is 0 Å². The minimum absolute atomic E-state index is 0.161. The molecular formula is C26H23N3O2. The Balaban J connectivity index is 1.53. The van der Waals surface area contributed by atoms with Gasteiger partial charge in [-0.2, -0.15) is 0 Å². The number of hydrogen-bond donors (Lipinski definition) is 2. The standard InChI is InChI=1S/C26H23N3O2/c1-18-16-24(30)29-25(27-18)21-11-7-12-22(17-21)28-26(31)23-13-6-5-10-20(23)15-14-19-8-3-2-4-9-19/h2-13,16-17H,14-15H2,1H3,(H,28,31)(H,27,29,30). The predicted molar refractivity (Wildman–Crippen MR) is 123 cm³/mol. The number of benzene rings is 3. The first-order valence-electron chi connectivity index (χ1n) is 10.2. The number of nitrogens with zero attached hydrogens (tertiary/aromatic N) is 1. The lowest BCUT2D eigenvalue weighted by Crippen LogP contribution is -2.15. The highest BCUT2D eigenvalue weighted by Crippen LogP contribution is 2.20. The Bertz CT molecular complexity index is 1260. The van der Waals surface area contributed by atoms with E-state index in [9.17, 15) is 9.59 Å². The zero-order valence-corrected chi connectivity index (χ0v) is 17.3. The van der Waals surface area contributed by atoms with Crippen molar-refractivity contribution >= 4 is 11.6 Å². The topological polar surface area (TPSA) is 74.8 Å². The Labute approximate surface area is 180 Å². The minimum atomic E-state index is -0.204. The molecule has 3 aromatic carbocycles. The van der Waals surface area contributed by atoms with E-state index in [1.165, 1.54) is 11.6 Å². The molecule has 4 rings (SSSR count). The van der Waals surface area contributed by atoms with Gasteiger partial charge in [-0.05, 0) is 49.1 Å². The second-order valence-electron chi connectivity index (χ2n) is 7.41. The van der Waals surface area contributed by atoms with Gasteiger partial charge >= 0.3 is 0 Å². The average molecular weight is 409 g/mol. The van der Waals surface area contributed by atoms with E-state index in [1.54, 1.807) is 6.92 Å². The van der Waals surface area contributed by atoms with Crippen molar-refractivity contribution in [3.8, 4) is 11.4 Å². The molecule has 0 aliphatic heterocycles. The summed E-state index contributed by atoms with van der Waals surface area (Å²) in [6.07, 6.45) is 1.65. The highest BCUT2D eigenvalue weighted by Gasteiger charge is 2.12. The van der Waals surface area contributed by atoms with Gasteiger partial charge in [-0.3, -0.25) is 9.59 Å². The number of nitrogens with one attached hydrogen (secondary N) is 2. The molecule has 0 saturated carbocycles. The number of rotatable bonds is 6. The number of aromatic nitrogens is 2. The summed E-state index contributed by atoms with van der Waals surface area (Å²) in [4.78, 5) is 31.9. The molecule has 0 unspecified atom stereocenters. The molecule has 5 nitrogen and oxygen atoms in total. The largest absolute Gasteiger partial charge is 0.322 e. The summed E-state index contributed by atoms with van der Waals surface area (Å²) < 4.78 is 0. The number of hydrogen-bond acceptors (Lipinski definition) is 3. The van der Waals surface area contributed by atoms with Crippen LogP contribution in [0.4, 0.5) is 5.69 Å². The first kappa shape index (κ1) is 20.3. The number of carbonyl (C=O) groups is 1. The van der Waals surface area contributed by atoms with Gasteiger partial charge in [-0.15, -0.1) is 0 Å². The summed E-state index contributed by atoms with van der Waals surface area (Å²) in [5.41, 5.74) is 4.71. The fourth-order valence-corrected chi connectivity index (χ4v) is 3.54. The molecule has 0 saturated heterocycles. The second kappa shape index (κ2) is 9.22. The van der Waals surface area contributed by atoms with Crippen molar-refractivity contribution < 1.29 is 4.79 Å². The summed E-state index contributed by atoms with van der Waals surface area (Å²) in [5, 5.41) is 2.98. The van der Waals surface area contributed by atoms with Crippen LogP contribution in [0, 0.1) is 6.92 Å². The molecule has 31 heavy (non-hydrogen) atoms. The predicted octanol–water partition coefficient (Wildman–Crippen LogP) is 4.78. The minimum Gasteiger partial charge on any atom is -0.322 e. The lowest BCUT2D eigenvalue weighted by atomic mass is 9.99. The van der Waals surface area contributed by atoms with Gasteiger partial charge in [0.25, 0.3) is 11.5 Å². The van der Waals surface area contributed by atoms with Crippen molar-refractivity contribution in [2.24, 2.45) is 0 Å². The second-order valence-corrected chi connectivity index (χ2v) is 7.41. The van der Waals surface area contributed by atoms with Gasteiger partial charge in [0, 0.05) is 28.6 Å². The van der Waals surface area contributed by atoms with Crippen LogP contribution < -0.4 is 10.9 Å². The van der Waals surface area contributed by atoms with E-state index in [0.29, 0.717) is 22.8 Å². The van der Waals surface area contributed by atoms with Crippen LogP contribution in [0.25, 0.3) is 11.4 Å². The molecule has 5 heteroatoms. The van der Waals surface area contributed by atoms with E-state index in [2.05, 4.69) is 27.4 Å². The van der Waals surface area contributed by atoms with Gasteiger partial charge in [0.15, 0.2) is 0 Å². The van der Waals surface area contributed by atoms with Gasteiger partial charge in [-0.1, -0.05) is 60.7 Å². The third kappa shape index (κ3) is 5.14. The number of carbonyl (C=O) groups excluding carboxylic acids is 1. The van der Waals surface area contributed by atoms with E-state index in [4.69, 9.17) is 0 Å². The highest BCUT2D eigenvalue weighted by molar-refractivity contribution is 6.05. The number of amides is 1. The van der Waals surface area contributed by atoms with Crippen molar-refractivity contribution in [3.05, 3.63) is 118 Å². The van der Waals surface area contributed by atoms with Crippen molar-refractivity contribution in [2.75, 3.05) is 5.32 Å². The van der Waals surface area contributed by atoms with Crippen LogP contribution >= 0.6 is 0 Å². The molecule has 4 aromatic rings. The number of H-pyrrole nitrogens is 1. The fourth-order valence-electron chi connectivity index (χ4n) is 3.54. The molecular weight excluding hydrogens is 386 g/mol. The quantitative estimate of drug-likeness (QED) is 0.481. The smallest absolute Gasteiger partial charge is 0.255 e. The molecule has 0 spiro atoms. The maximum atomic E-state index is 13.0. The Kier molecular flexibility index (Phi) is 6.03. The molecule has 1 amide bonds. The molecule has 1 aromatic heterocycles. The summed E-state index contributed by atoms with van der Waals surface area (Å²) in [6, 6.07) is 26.7. The molecule has 154 valence electrons. The maximum absolute atomic E-state index is 13.0. The van der Waals surface area contributed by atoms with Gasteiger partial charge in [0.05, 0.1) is 0 Å². The summed E-state index contributed by atoms with van der Waals surface area (Å²) >= 11 is 0. The monoisotopic (exact) mass is 409 g/mol. The molecule has 0 atom stereocenters. The zero-order chi connectivity index (χ0) is 21.6. The van der Waals surface area contributed by atoms with E-state index in [0.717, 1.165) is 24.0 Å². The first-order valence-corrected chi connectivity index (χ1v) is 10.2. The van der Waals surface area contributed by atoms with Crippen molar-refractivity contribution in [1.82, 2.24) is 9.97 Å². The molecule has 1 heterocycles. The van der Waals surface area contributed by atoms with E-state index < -0.39 is 0 Å². The van der Waals surface area contributed by atoms with Crippen LogP contribution in [0.2, 0.25) is 0 Å². The number of aromatic amines is 1. The molecule has 2 N–H and O–H groups in total. The summed E-state index contributed by atoms with van der Waals surface area (Å²) in [6.45, 7) is 1.77. The highest BCUT2D eigenvalue weighted by atomic mass is 16.1. The molecule has 0 aliphatic rings. The Hall–Kier alpha value is -3.99. The Morgan fingerprint density at radius 1 is 0.903 bits per heavy atom. The fraction of sp³-hybridized carbons (Fsp3) is 0.115. The maximum Gasteiger partial charge on any atom is 0.255 e. The van der Waals surface area contributed by atoms with Crippen LogP contribution in [-0.4, -0.2) is 15.9 Å². The van der Waals surface area contributed by atoms with Crippen molar-refractivity contribution in [3.63, 3.8) is 0 Å². The third-order valence-corrected chi connectivity index (χ3v) is 5.05. The van der Waals surface area contributed by atoms with Gasteiger partial charge in [-0.25, -0.2) is 4.98 Å². The normalized spacial score (nSPS) is 10.6. The van der Waals surface area contributed by atoms with Crippen LogP contribution in [0.15, 0.2) is 89.7 Å². The summed E-state index contributed by atoms with van der Waals surface area (Å²) in [5.74, 6) is 0.316. The zero-order valence-electron chi connectivity index (χ0n) is 17.3. The lowest BCUT2D eigenvalue weighted by molar-refractivity contribution is 0.102. The first-order chi connectivity index (χ1) is 15.1. The van der Waals surface area contributed by atoms with Gasteiger partial charge in [0.1, 0.15) is 5.82 Å². The Morgan fingerprint density at radius 3 is 2.48 bits per heavy atom. The SMILES string of the molecule is Cc1cc(=O)[nH]c(-c2cccc(NC(=O)c3ccccc3CCc3ccccc3)c2)n1. The van der Waals surface area contributed by atoms with Gasteiger partial charge in [0.2, 0.25) is 0 Å². The number of anilines is 1. The molecule has 0 radical (unpaired) electrons. The van der Waals surface area contributed by atoms with Crippen molar-refractivity contribution in [2.45, 2.75) is 19.8 Å². The van der Waals surface area contributed by atoms with Crippen LogP contribution in [0.5, 0.6) is 0 Å². The molecule has 0 aliphatic carbocycles. The molecule has 0 bridgehead atoms. The van der Waals surface area contributed by atoms with Gasteiger partial charge < -0.3 is 10.3 Å². The van der Waals surface area contributed by atoms with Crippen LogP contribution in [0.3, 0.4) is 0 Å². The van der Waals surface area contributed by atoms with Crippen LogP contribution in [0.1, 0.15) is 27.2 Å². The summed E-state index contributed by atoms with van der Waals surface area (Å²) in [7, 11) is 0. The average Bonchev–Trinajstić information content (AvgIpc) is 2.78. The Morgan fingerprint density at radius 2 is 1.68 bits per heavy atom. The van der Waals surface area contributed by atoms with E-state index in [-0.39, 0.29) is 11.5 Å². The lowest BCUT2D eigenvalue weighted by Gasteiger charge is -2.11. The molecule has 0 fully saturated rings. The van der Waals surface area contributed by atoms with Crippen LogP contribution in [-0.2, 0) is 12.8 Å². The number of aryl methyl sites for hydroxylation is 3. The van der Waals surface area contributed by atoms with E-state index in [1.807, 2.05) is 66.7 Å². The third-order valence-electron chi connectivity index (χ3n) is 5.05. The van der Waals surface area contributed by atoms with Crippen molar-refractivity contribution in [1.29, 1.82) is 0 Å².